The normalized spacial score (nSPS) is 11.2. The fraction of sp³-hybridized carbons (Fsp3) is 0.222. The van der Waals surface area contributed by atoms with Gasteiger partial charge in [-0.1, -0.05) is 12.1 Å². The molecular weight excluding hydrogens is 219 g/mol. The first kappa shape index (κ1) is 11.9. The van der Waals surface area contributed by atoms with Crippen molar-refractivity contribution in [3.05, 3.63) is 34.9 Å². The predicted molar refractivity (Wildman–Crippen MR) is 53.4 cm³/mol. The van der Waals surface area contributed by atoms with Gasteiger partial charge >= 0.3 is 13.8 Å². The van der Waals surface area contributed by atoms with Gasteiger partial charge in [-0.2, -0.15) is 0 Å². The summed E-state index contributed by atoms with van der Waals surface area (Å²) >= 11 is 0. The highest BCUT2D eigenvalue weighted by Gasteiger charge is 2.22. The molecular formula is C9H11O5P. The minimum absolute atomic E-state index is 0.165. The number of aryl methyl sites for hydroxylation is 1. The van der Waals surface area contributed by atoms with E-state index in [1.807, 2.05) is 0 Å². The molecule has 0 unspecified atom stereocenters. The molecule has 0 saturated carbocycles. The van der Waals surface area contributed by atoms with E-state index in [2.05, 4.69) is 4.52 Å². The standard InChI is InChI=1S/C9H11O5P/c1-6-4-3-5-8(7(6)2)9(10)14-15(11,12)13/h3-5H,1-2H3,(H2,11,12,13). The lowest BCUT2D eigenvalue weighted by Crippen LogP contribution is -2.06. The van der Waals surface area contributed by atoms with Crippen LogP contribution in [0.4, 0.5) is 0 Å². The molecule has 0 saturated heterocycles. The zero-order valence-corrected chi connectivity index (χ0v) is 9.19. The first-order valence-corrected chi connectivity index (χ1v) is 5.70. The maximum atomic E-state index is 11.3. The third-order valence-electron chi connectivity index (χ3n) is 2.03. The minimum atomic E-state index is -4.77. The van der Waals surface area contributed by atoms with Crippen LogP contribution in [0.15, 0.2) is 18.2 Å². The summed E-state index contributed by atoms with van der Waals surface area (Å²) in [4.78, 5) is 28.3. The second-order valence-electron chi connectivity index (χ2n) is 3.12. The quantitative estimate of drug-likeness (QED) is 0.753. The molecule has 0 atom stereocenters. The Morgan fingerprint density at radius 3 is 2.47 bits per heavy atom. The van der Waals surface area contributed by atoms with Crippen molar-refractivity contribution in [1.29, 1.82) is 0 Å². The van der Waals surface area contributed by atoms with E-state index in [0.717, 1.165) is 5.56 Å². The largest absolute Gasteiger partial charge is 0.527 e. The summed E-state index contributed by atoms with van der Waals surface area (Å²) < 4.78 is 14.4. The van der Waals surface area contributed by atoms with Crippen LogP contribution in [0.3, 0.4) is 0 Å². The Morgan fingerprint density at radius 1 is 1.33 bits per heavy atom. The number of carbonyl (C=O) groups excluding carboxylic acids is 1. The highest BCUT2D eigenvalue weighted by Crippen LogP contribution is 2.37. The average Bonchev–Trinajstić information content (AvgIpc) is 2.06. The van der Waals surface area contributed by atoms with E-state index < -0.39 is 13.8 Å². The van der Waals surface area contributed by atoms with E-state index in [1.165, 1.54) is 6.07 Å². The molecule has 0 aromatic heterocycles. The van der Waals surface area contributed by atoms with Crippen LogP contribution < -0.4 is 0 Å². The number of rotatable bonds is 2. The summed E-state index contributed by atoms with van der Waals surface area (Å²) in [5, 5.41) is 0. The number of hydrogen-bond acceptors (Lipinski definition) is 3. The van der Waals surface area contributed by atoms with E-state index in [-0.39, 0.29) is 5.56 Å². The third-order valence-corrected chi connectivity index (χ3v) is 2.43. The predicted octanol–water partition coefficient (Wildman–Crippen LogP) is 1.55. The zero-order valence-electron chi connectivity index (χ0n) is 8.30. The molecule has 1 aromatic rings. The maximum absolute atomic E-state index is 11.3. The van der Waals surface area contributed by atoms with Gasteiger partial charge in [-0.25, -0.2) is 9.36 Å². The van der Waals surface area contributed by atoms with Crippen molar-refractivity contribution in [2.24, 2.45) is 0 Å². The number of phosphoric ester groups is 1. The van der Waals surface area contributed by atoms with Gasteiger partial charge < -0.3 is 4.52 Å². The molecule has 2 N–H and O–H groups in total. The smallest absolute Gasteiger partial charge is 0.367 e. The van der Waals surface area contributed by atoms with Crippen LogP contribution in [0.25, 0.3) is 0 Å². The Kier molecular flexibility index (Phi) is 3.29. The van der Waals surface area contributed by atoms with Gasteiger partial charge in [0.25, 0.3) is 0 Å². The molecule has 0 fully saturated rings. The second kappa shape index (κ2) is 4.14. The van der Waals surface area contributed by atoms with Gasteiger partial charge in [-0.3, -0.25) is 9.79 Å². The third kappa shape index (κ3) is 3.16. The van der Waals surface area contributed by atoms with Crippen molar-refractivity contribution in [3.8, 4) is 0 Å². The summed E-state index contributed by atoms with van der Waals surface area (Å²) in [6.07, 6.45) is 0. The van der Waals surface area contributed by atoms with Gasteiger partial charge in [0.1, 0.15) is 0 Å². The van der Waals surface area contributed by atoms with Crippen LogP contribution in [0.2, 0.25) is 0 Å². The SMILES string of the molecule is Cc1cccc(C(=O)OP(=O)(O)O)c1C. The van der Waals surface area contributed by atoms with E-state index in [9.17, 15) is 9.36 Å². The zero-order chi connectivity index (χ0) is 11.6. The van der Waals surface area contributed by atoms with Crippen LogP contribution in [0.1, 0.15) is 21.5 Å². The van der Waals surface area contributed by atoms with Crippen molar-refractivity contribution < 1.29 is 23.7 Å². The molecule has 5 nitrogen and oxygen atoms in total. The van der Waals surface area contributed by atoms with Crippen LogP contribution in [-0.4, -0.2) is 15.8 Å². The number of phosphoric acid groups is 1. The van der Waals surface area contributed by atoms with E-state index in [4.69, 9.17) is 9.79 Å². The van der Waals surface area contributed by atoms with Crippen molar-refractivity contribution in [1.82, 2.24) is 0 Å². The van der Waals surface area contributed by atoms with Gasteiger partial charge in [-0.15, -0.1) is 0 Å². The van der Waals surface area contributed by atoms with Crippen LogP contribution in [0, 0.1) is 13.8 Å². The Morgan fingerprint density at radius 2 is 1.93 bits per heavy atom. The molecule has 0 amide bonds. The summed E-state index contributed by atoms with van der Waals surface area (Å²) in [5.41, 5.74) is 1.67. The molecule has 0 heterocycles. The van der Waals surface area contributed by atoms with Crippen molar-refractivity contribution in [2.45, 2.75) is 13.8 Å². The molecule has 0 aliphatic carbocycles. The number of carbonyl (C=O) groups is 1. The number of benzene rings is 1. The van der Waals surface area contributed by atoms with Gasteiger partial charge in [0, 0.05) is 0 Å². The Balaban J connectivity index is 3.02. The average molecular weight is 230 g/mol. The van der Waals surface area contributed by atoms with Gasteiger partial charge in [0.15, 0.2) is 0 Å². The molecule has 0 radical (unpaired) electrons. The molecule has 1 aromatic carbocycles. The molecule has 1 rings (SSSR count). The Labute approximate surface area is 86.9 Å². The maximum Gasteiger partial charge on any atom is 0.527 e. The molecule has 82 valence electrons. The summed E-state index contributed by atoms with van der Waals surface area (Å²) in [6.45, 7) is 3.48. The lowest BCUT2D eigenvalue weighted by molar-refractivity contribution is 0.0677. The fourth-order valence-corrected chi connectivity index (χ4v) is 1.44. The fourth-order valence-electron chi connectivity index (χ4n) is 1.13. The van der Waals surface area contributed by atoms with Gasteiger partial charge in [-0.05, 0) is 31.0 Å². The lowest BCUT2D eigenvalue weighted by Gasteiger charge is -2.08. The highest BCUT2D eigenvalue weighted by atomic mass is 31.2. The van der Waals surface area contributed by atoms with E-state index in [1.54, 1.807) is 26.0 Å². The first-order valence-electron chi connectivity index (χ1n) is 4.17. The van der Waals surface area contributed by atoms with Crippen molar-refractivity contribution in [2.75, 3.05) is 0 Å². The molecule has 15 heavy (non-hydrogen) atoms. The highest BCUT2D eigenvalue weighted by molar-refractivity contribution is 7.46. The summed E-state index contributed by atoms with van der Waals surface area (Å²) in [6, 6.07) is 4.88. The first-order chi connectivity index (χ1) is 6.81. The summed E-state index contributed by atoms with van der Waals surface area (Å²) in [5.74, 6) is -1.01. The second-order valence-corrected chi connectivity index (χ2v) is 4.28. The Bertz CT molecular complexity index is 434. The topological polar surface area (TPSA) is 83.8 Å². The van der Waals surface area contributed by atoms with Crippen molar-refractivity contribution >= 4 is 13.8 Å². The van der Waals surface area contributed by atoms with Gasteiger partial charge in [0.2, 0.25) is 0 Å². The minimum Gasteiger partial charge on any atom is -0.367 e. The van der Waals surface area contributed by atoms with E-state index >= 15 is 0 Å². The van der Waals surface area contributed by atoms with Crippen LogP contribution >= 0.6 is 7.82 Å². The molecule has 6 heteroatoms. The Hall–Kier alpha value is -1.16. The van der Waals surface area contributed by atoms with Crippen LogP contribution in [-0.2, 0) is 9.09 Å². The van der Waals surface area contributed by atoms with Gasteiger partial charge in [0.05, 0.1) is 5.56 Å². The molecule has 0 bridgehead atoms. The van der Waals surface area contributed by atoms with Crippen LogP contribution in [0.5, 0.6) is 0 Å². The molecule has 0 spiro atoms. The lowest BCUT2D eigenvalue weighted by atomic mass is 10.0. The molecule has 0 aliphatic heterocycles. The number of hydrogen-bond donors (Lipinski definition) is 2. The van der Waals surface area contributed by atoms with E-state index in [0.29, 0.717) is 5.56 Å². The molecule has 0 aliphatic rings. The van der Waals surface area contributed by atoms with Crippen molar-refractivity contribution in [3.63, 3.8) is 0 Å². The summed E-state index contributed by atoms with van der Waals surface area (Å²) in [7, 11) is -4.77. The monoisotopic (exact) mass is 230 g/mol.